The predicted molar refractivity (Wildman–Crippen MR) is 196 cm³/mol. The average Bonchev–Trinajstić information content (AvgIpc) is 3.45. The van der Waals surface area contributed by atoms with Crippen LogP contribution in [0.5, 0.6) is 0 Å². The number of carbonyl (C=O) groups excluding carboxylic acids is 2. The van der Waals surface area contributed by atoms with Gasteiger partial charge in [-0.15, -0.1) is 0 Å². The summed E-state index contributed by atoms with van der Waals surface area (Å²) in [5, 5.41) is 15.9. The third-order valence-corrected chi connectivity index (χ3v) is 9.89. The van der Waals surface area contributed by atoms with Crippen LogP contribution in [-0.4, -0.2) is 61.9 Å². The number of anilines is 2. The van der Waals surface area contributed by atoms with Crippen molar-refractivity contribution in [3.05, 3.63) is 140 Å². The standard InChI is InChI=1S/C38H34BrClN8O2/c1-24-20-46(23-43-24)21-26-3-2-4-32(15-26)44-37(49)34-22-47(13-14-48(34)38(50)45-31-10-5-25(18-41)6-11-31)36-33-12-9-30(40)17-27(33)7-8-28-16-29(39)19-42-35(28)36/h2-6,9-12,15-17,19-20,23,34,36H,7-8,13-14,21-22H2,1H3,(H,44,49)(H,45,50)/t34?,36-/m1/s1. The Labute approximate surface area is 303 Å². The molecule has 1 fully saturated rings. The first-order valence-corrected chi connectivity index (χ1v) is 17.5. The second kappa shape index (κ2) is 14.5. The summed E-state index contributed by atoms with van der Waals surface area (Å²) in [5.41, 5.74) is 7.91. The molecule has 3 aromatic carbocycles. The van der Waals surface area contributed by atoms with Crippen molar-refractivity contribution < 1.29 is 9.59 Å². The number of nitrogens with one attached hydrogen (secondary N) is 2. The van der Waals surface area contributed by atoms with E-state index in [0.29, 0.717) is 41.6 Å². The number of carbonyl (C=O) groups is 2. The summed E-state index contributed by atoms with van der Waals surface area (Å²) in [5.74, 6) is -0.297. The van der Waals surface area contributed by atoms with E-state index < -0.39 is 12.1 Å². The molecule has 0 spiro atoms. The Morgan fingerprint density at radius 3 is 2.58 bits per heavy atom. The van der Waals surface area contributed by atoms with Gasteiger partial charge in [0, 0.05) is 59.4 Å². The lowest BCUT2D eigenvalue weighted by Crippen LogP contribution is -2.61. The SMILES string of the molecule is Cc1cn(Cc2cccc(NC(=O)C3CN([C@@H]4c5ccc(Cl)cc5CCc5cc(Br)cnc54)CCN3C(=O)Nc3ccc(C#N)cc3)c2)cn1. The zero-order valence-electron chi connectivity index (χ0n) is 27.3. The highest BCUT2D eigenvalue weighted by atomic mass is 79.9. The number of hydrogen-bond acceptors (Lipinski definition) is 6. The Kier molecular flexibility index (Phi) is 9.68. The third kappa shape index (κ3) is 7.28. The normalized spacial score (nSPS) is 17.2. The molecule has 2 atom stereocenters. The van der Waals surface area contributed by atoms with Crippen molar-refractivity contribution in [2.75, 3.05) is 30.3 Å². The van der Waals surface area contributed by atoms with Gasteiger partial charge < -0.3 is 20.1 Å². The lowest BCUT2D eigenvalue weighted by atomic mass is 9.95. The second-order valence-corrected chi connectivity index (χ2v) is 14.0. The number of rotatable bonds is 6. The minimum atomic E-state index is -0.833. The smallest absolute Gasteiger partial charge is 0.322 e. The van der Waals surface area contributed by atoms with Crippen LogP contribution in [0.1, 0.15) is 45.2 Å². The van der Waals surface area contributed by atoms with Crippen LogP contribution in [0.3, 0.4) is 0 Å². The minimum absolute atomic E-state index is 0.242. The molecular weight excluding hydrogens is 716 g/mol. The zero-order chi connectivity index (χ0) is 34.8. The van der Waals surface area contributed by atoms with E-state index in [1.807, 2.05) is 60.3 Å². The van der Waals surface area contributed by atoms with Crippen LogP contribution in [0.4, 0.5) is 16.2 Å². The molecule has 3 amide bonds. The summed E-state index contributed by atoms with van der Waals surface area (Å²) in [4.78, 5) is 41.3. The molecule has 2 N–H and O–H groups in total. The molecule has 7 rings (SSSR count). The van der Waals surface area contributed by atoms with Gasteiger partial charge in [0.1, 0.15) is 6.04 Å². The number of fused-ring (bicyclic) bond motifs is 2. The first kappa shape index (κ1) is 33.5. The summed E-state index contributed by atoms with van der Waals surface area (Å²) >= 11 is 10.1. The summed E-state index contributed by atoms with van der Waals surface area (Å²) in [6.45, 7) is 3.62. The van der Waals surface area contributed by atoms with Crippen LogP contribution in [0.25, 0.3) is 0 Å². The van der Waals surface area contributed by atoms with Crippen molar-refractivity contribution in [3.63, 3.8) is 0 Å². The van der Waals surface area contributed by atoms with Gasteiger partial charge in [-0.1, -0.05) is 29.8 Å². The summed E-state index contributed by atoms with van der Waals surface area (Å²) in [6, 6.07) is 23.1. The highest BCUT2D eigenvalue weighted by molar-refractivity contribution is 9.10. The van der Waals surface area contributed by atoms with Crippen molar-refractivity contribution in [2.45, 2.75) is 38.4 Å². The van der Waals surface area contributed by atoms with E-state index >= 15 is 0 Å². The number of aromatic nitrogens is 3. The quantitative estimate of drug-likeness (QED) is 0.194. The topological polar surface area (TPSA) is 119 Å². The first-order chi connectivity index (χ1) is 24.2. The molecule has 50 heavy (non-hydrogen) atoms. The summed E-state index contributed by atoms with van der Waals surface area (Å²) < 4.78 is 2.90. The van der Waals surface area contributed by atoms with E-state index in [-0.39, 0.29) is 18.5 Å². The van der Waals surface area contributed by atoms with Crippen molar-refractivity contribution in [2.24, 2.45) is 0 Å². The van der Waals surface area contributed by atoms with E-state index in [4.69, 9.17) is 16.6 Å². The average molecular weight is 750 g/mol. The van der Waals surface area contributed by atoms with Crippen molar-refractivity contribution in [1.82, 2.24) is 24.3 Å². The molecule has 1 aliphatic heterocycles. The monoisotopic (exact) mass is 748 g/mol. The fraction of sp³-hybridized carbons (Fsp3) is 0.237. The van der Waals surface area contributed by atoms with Crippen LogP contribution >= 0.6 is 27.5 Å². The van der Waals surface area contributed by atoms with Gasteiger partial charge in [0.15, 0.2) is 0 Å². The molecule has 2 aromatic heterocycles. The molecule has 0 saturated carbocycles. The van der Waals surface area contributed by atoms with Crippen LogP contribution < -0.4 is 10.6 Å². The Bertz CT molecular complexity index is 2060. The lowest BCUT2D eigenvalue weighted by Gasteiger charge is -2.43. The van der Waals surface area contributed by atoms with Gasteiger partial charge >= 0.3 is 6.03 Å². The van der Waals surface area contributed by atoms with E-state index in [2.05, 4.69) is 54.6 Å². The third-order valence-electron chi connectivity index (χ3n) is 9.22. The maximum absolute atomic E-state index is 14.3. The first-order valence-electron chi connectivity index (χ1n) is 16.4. The number of amides is 3. The Hall–Kier alpha value is -5.02. The largest absolute Gasteiger partial charge is 0.333 e. The number of nitrogens with zero attached hydrogens (tertiary/aromatic N) is 6. The van der Waals surface area contributed by atoms with Gasteiger partial charge in [0.05, 0.1) is 35.4 Å². The van der Waals surface area contributed by atoms with Crippen LogP contribution in [0, 0.1) is 18.3 Å². The molecule has 0 radical (unpaired) electrons. The van der Waals surface area contributed by atoms with E-state index in [1.54, 1.807) is 35.5 Å². The number of halogens is 2. The molecule has 0 bridgehead atoms. The summed E-state index contributed by atoms with van der Waals surface area (Å²) in [6.07, 6.45) is 7.18. The van der Waals surface area contributed by atoms with Crippen molar-refractivity contribution in [3.8, 4) is 6.07 Å². The predicted octanol–water partition coefficient (Wildman–Crippen LogP) is 6.97. The fourth-order valence-electron chi connectivity index (χ4n) is 6.85. The van der Waals surface area contributed by atoms with E-state index in [9.17, 15) is 14.9 Å². The molecular formula is C38H34BrClN8O2. The molecule has 1 aliphatic carbocycles. The highest BCUT2D eigenvalue weighted by Crippen LogP contribution is 2.38. The molecule has 5 aromatic rings. The molecule has 252 valence electrons. The lowest BCUT2D eigenvalue weighted by molar-refractivity contribution is -0.122. The zero-order valence-corrected chi connectivity index (χ0v) is 29.7. The number of imidazole rings is 1. The summed E-state index contributed by atoms with van der Waals surface area (Å²) in [7, 11) is 0. The Balaban J connectivity index is 1.20. The van der Waals surface area contributed by atoms with E-state index in [0.717, 1.165) is 51.0 Å². The Morgan fingerprint density at radius 1 is 0.980 bits per heavy atom. The molecule has 3 heterocycles. The number of nitriles is 1. The molecule has 1 unspecified atom stereocenters. The van der Waals surface area contributed by atoms with Gasteiger partial charge in [-0.25, -0.2) is 9.78 Å². The second-order valence-electron chi connectivity index (χ2n) is 12.6. The molecule has 10 nitrogen and oxygen atoms in total. The minimum Gasteiger partial charge on any atom is -0.333 e. The van der Waals surface area contributed by atoms with Gasteiger partial charge in [0.25, 0.3) is 0 Å². The number of pyridine rings is 1. The van der Waals surface area contributed by atoms with Crippen LogP contribution in [-0.2, 0) is 24.2 Å². The van der Waals surface area contributed by atoms with Crippen LogP contribution in [0.2, 0.25) is 5.02 Å². The number of aryl methyl sites for hydroxylation is 3. The highest BCUT2D eigenvalue weighted by Gasteiger charge is 2.40. The van der Waals surface area contributed by atoms with Crippen molar-refractivity contribution in [1.29, 1.82) is 5.26 Å². The molecule has 2 aliphatic rings. The van der Waals surface area contributed by atoms with E-state index in [1.165, 1.54) is 0 Å². The maximum atomic E-state index is 14.3. The number of hydrogen-bond donors (Lipinski definition) is 2. The van der Waals surface area contributed by atoms with Crippen molar-refractivity contribution >= 4 is 50.8 Å². The molecule has 1 saturated heterocycles. The van der Waals surface area contributed by atoms with Gasteiger partial charge in [0.2, 0.25) is 5.91 Å². The van der Waals surface area contributed by atoms with Gasteiger partial charge in [-0.3, -0.25) is 14.7 Å². The maximum Gasteiger partial charge on any atom is 0.322 e. The number of benzene rings is 3. The van der Waals surface area contributed by atoms with Gasteiger partial charge in [-0.2, -0.15) is 5.26 Å². The number of piperazine rings is 1. The van der Waals surface area contributed by atoms with Crippen LogP contribution in [0.15, 0.2) is 96.0 Å². The molecule has 12 heteroatoms. The Morgan fingerprint density at radius 2 is 1.80 bits per heavy atom. The van der Waals surface area contributed by atoms with Gasteiger partial charge in [-0.05, 0) is 113 Å². The fourth-order valence-corrected chi connectivity index (χ4v) is 7.43. The number of urea groups is 1.